The van der Waals surface area contributed by atoms with Crippen molar-refractivity contribution in [1.82, 2.24) is 4.31 Å². The minimum Gasteiger partial charge on any atom is -0.506 e. The van der Waals surface area contributed by atoms with Gasteiger partial charge in [-0.25, -0.2) is 8.42 Å². The SMILES string of the molecule is Cc1ccc(O)c(NC(=O)c2cc(S(=O)(=O)N3CCC[C@H](C)C3)cs2)c1. The van der Waals surface area contributed by atoms with Crippen LogP contribution >= 0.6 is 11.3 Å². The number of nitrogens with zero attached hydrogens (tertiary/aromatic N) is 1. The quantitative estimate of drug-likeness (QED) is 0.778. The van der Waals surface area contributed by atoms with Gasteiger partial charge in [0, 0.05) is 18.5 Å². The van der Waals surface area contributed by atoms with Gasteiger partial charge in [0.1, 0.15) is 5.75 Å². The maximum absolute atomic E-state index is 12.8. The van der Waals surface area contributed by atoms with E-state index in [9.17, 15) is 18.3 Å². The average Bonchev–Trinajstić information content (AvgIpc) is 3.09. The Hall–Kier alpha value is -1.90. The van der Waals surface area contributed by atoms with E-state index in [0.717, 1.165) is 29.7 Å². The molecule has 0 aliphatic carbocycles. The lowest BCUT2D eigenvalue weighted by Crippen LogP contribution is -2.38. The minimum absolute atomic E-state index is 0.0318. The van der Waals surface area contributed by atoms with E-state index in [2.05, 4.69) is 5.32 Å². The van der Waals surface area contributed by atoms with Gasteiger partial charge in [0.15, 0.2) is 0 Å². The summed E-state index contributed by atoms with van der Waals surface area (Å²) in [5.41, 5.74) is 1.20. The second-order valence-corrected chi connectivity index (χ2v) is 9.58. The molecule has 1 amide bonds. The van der Waals surface area contributed by atoms with Gasteiger partial charge < -0.3 is 10.4 Å². The van der Waals surface area contributed by atoms with Gasteiger partial charge in [-0.1, -0.05) is 13.0 Å². The number of phenols is 1. The zero-order valence-corrected chi connectivity index (χ0v) is 16.4. The highest BCUT2D eigenvalue weighted by Crippen LogP contribution is 2.29. The summed E-state index contributed by atoms with van der Waals surface area (Å²) in [5, 5.41) is 14.0. The first-order valence-corrected chi connectivity index (χ1v) is 10.8. The van der Waals surface area contributed by atoms with Crippen molar-refractivity contribution in [2.75, 3.05) is 18.4 Å². The monoisotopic (exact) mass is 394 g/mol. The Bertz CT molecular complexity index is 921. The van der Waals surface area contributed by atoms with E-state index in [0.29, 0.717) is 24.7 Å². The Balaban J connectivity index is 1.78. The molecule has 2 aromatic rings. The molecule has 1 fully saturated rings. The average molecular weight is 395 g/mol. The van der Waals surface area contributed by atoms with E-state index in [1.807, 2.05) is 13.8 Å². The zero-order valence-electron chi connectivity index (χ0n) is 14.7. The number of hydrogen-bond donors (Lipinski definition) is 2. The van der Waals surface area contributed by atoms with Gasteiger partial charge in [0.05, 0.1) is 15.5 Å². The molecular formula is C18H22N2O4S2. The summed E-state index contributed by atoms with van der Waals surface area (Å²) >= 11 is 1.08. The molecule has 3 rings (SSSR count). The predicted octanol–water partition coefficient (Wildman–Crippen LogP) is 3.44. The second kappa shape index (κ2) is 7.38. The molecule has 8 heteroatoms. The summed E-state index contributed by atoms with van der Waals surface area (Å²) in [4.78, 5) is 12.9. The molecule has 1 aliphatic rings. The van der Waals surface area contributed by atoms with Gasteiger partial charge in [0.2, 0.25) is 10.0 Å². The van der Waals surface area contributed by atoms with Crippen molar-refractivity contribution < 1.29 is 18.3 Å². The lowest BCUT2D eigenvalue weighted by Gasteiger charge is -2.29. The van der Waals surface area contributed by atoms with Gasteiger partial charge in [-0.3, -0.25) is 4.79 Å². The summed E-state index contributed by atoms with van der Waals surface area (Å²) in [6.07, 6.45) is 1.88. The number of benzene rings is 1. The number of nitrogens with one attached hydrogen (secondary N) is 1. The first kappa shape index (κ1) is 18.9. The van der Waals surface area contributed by atoms with Gasteiger partial charge in [0.25, 0.3) is 5.91 Å². The number of thiophene rings is 1. The molecule has 2 heterocycles. The number of sulfonamides is 1. The highest BCUT2D eigenvalue weighted by Gasteiger charge is 2.30. The van der Waals surface area contributed by atoms with E-state index in [1.54, 1.807) is 12.1 Å². The Morgan fingerprint density at radius 1 is 1.35 bits per heavy atom. The van der Waals surface area contributed by atoms with Crippen LogP contribution in [0, 0.1) is 12.8 Å². The van der Waals surface area contributed by atoms with E-state index in [4.69, 9.17) is 0 Å². The lowest BCUT2D eigenvalue weighted by molar-refractivity contribution is 0.103. The van der Waals surface area contributed by atoms with Gasteiger partial charge >= 0.3 is 0 Å². The maximum atomic E-state index is 12.8. The molecule has 6 nitrogen and oxygen atoms in total. The van der Waals surface area contributed by atoms with Crippen LogP contribution in [-0.2, 0) is 10.0 Å². The van der Waals surface area contributed by atoms with Crippen molar-refractivity contribution in [1.29, 1.82) is 0 Å². The number of phenolic OH excluding ortho intramolecular Hbond substituents is 1. The fourth-order valence-corrected chi connectivity index (χ4v) is 5.78. The normalized spacial score (nSPS) is 18.6. The van der Waals surface area contributed by atoms with Crippen molar-refractivity contribution in [2.45, 2.75) is 31.6 Å². The minimum atomic E-state index is -3.58. The maximum Gasteiger partial charge on any atom is 0.265 e. The summed E-state index contributed by atoms with van der Waals surface area (Å²) in [6, 6.07) is 6.31. The van der Waals surface area contributed by atoms with E-state index >= 15 is 0 Å². The van der Waals surface area contributed by atoms with Crippen molar-refractivity contribution in [3.63, 3.8) is 0 Å². The number of carbonyl (C=O) groups is 1. The first-order chi connectivity index (χ1) is 12.3. The molecule has 1 saturated heterocycles. The lowest BCUT2D eigenvalue weighted by atomic mass is 10.0. The smallest absolute Gasteiger partial charge is 0.265 e. The fraction of sp³-hybridized carbons (Fsp3) is 0.389. The summed E-state index contributed by atoms with van der Waals surface area (Å²) in [7, 11) is -3.58. The molecule has 0 spiro atoms. The molecule has 0 unspecified atom stereocenters. The molecule has 1 atom stereocenters. The first-order valence-electron chi connectivity index (χ1n) is 8.47. The number of carbonyl (C=O) groups excluding carboxylic acids is 1. The molecule has 2 N–H and O–H groups in total. The topological polar surface area (TPSA) is 86.7 Å². The molecule has 1 aromatic carbocycles. The van der Waals surface area contributed by atoms with Crippen molar-refractivity contribution in [2.24, 2.45) is 5.92 Å². The summed E-state index contributed by atoms with van der Waals surface area (Å²) in [5.74, 6) is -0.135. The Labute approximate surface area is 157 Å². The van der Waals surface area contributed by atoms with Crippen molar-refractivity contribution >= 4 is 33.0 Å². The number of anilines is 1. The molecular weight excluding hydrogens is 372 g/mol. The molecule has 0 bridgehead atoms. The third-order valence-electron chi connectivity index (χ3n) is 4.46. The van der Waals surface area contributed by atoms with Crippen LogP contribution in [0.3, 0.4) is 0 Å². The van der Waals surface area contributed by atoms with Crippen LogP contribution in [0.25, 0.3) is 0 Å². The Kier molecular flexibility index (Phi) is 5.36. The molecule has 0 saturated carbocycles. The molecule has 26 heavy (non-hydrogen) atoms. The highest BCUT2D eigenvalue weighted by molar-refractivity contribution is 7.89. The number of piperidine rings is 1. The van der Waals surface area contributed by atoms with E-state index in [-0.39, 0.29) is 15.5 Å². The van der Waals surface area contributed by atoms with Gasteiger partial charge in [-0.15, -0.1) is 11.3 Å². The van der Waals surface area contributed by atoms with Crippen LogP contribution in [0.1, 0.15) is 35.0 Å². The number of aryl methyl sites for hydroxylation is 1. The van der Waals surface area contributed by atoms with Crippen LogP contribution in [0.2, 0.25) is 0 Å². The standard InChI is InChI=1S/C18H22N2O4S2/c1-12-5-6-16(21)15(8-12)19-18(22)17-9-14(11-25-17)26(23,24)20-7-3-4-13(2)10-20/h5-6,8-9,11,13,21H,3-4,7,10H2,1-2H3,(H,19,22)/t13-/m0/s1. The molecule has 1 aromatic heterocycles. The van der Waals surface area contributed by atoms with E-state index < -0.39 is 15.9 Å². The number of amides is 1. The second-order valence-electron chi connectivity index (χ2n) is 6.73. The largest absolute Gasteiger partial charge is 0.506 e. The van der Waals surface area contributed by atoms with Crippen LogP contribution in [0.15, 0.2) is 34.5 Å². The summed E-state index contributed by atoms with van der Waals surface area (Å²) in [6.45, 7) is 4.92. The van der Waals surface area contributed by atoms with Crippen LogP contribution in [0.4, 0.5) is 5.69 Å². The van der Waals surface area contributed by atoms with Gasteiger partial charge in [-0.05, 0) is 49.4 Å². The van der Waals surface area contributed by atoms with Crippen LogP contribution in [-0.4, -0.2) is 36.8 Å². The zero-order chi connectivity index (χ0) is 18.9. The third-order valence-corrected chi connectivity index (χ3v) is 7.38. The molecule has 1 aliphatic heterocycles. The van der Waals surface area contributed by atoms with Crippen LogP contribution in [0.5, 0.6) is 5.75 Å². The van der Waals surface area contributed by atoms with Crippen molar-refractivity contribution in [3.05, 3.63) is 40.1 Å². The van der Waals surface area contributed by atoms with E-state index in [1.165, 1.54) is 21.8 Å². The fourth-order valence-electron chi connectivity index (χ4n) is 3.02. The predicted molar refractivity (Wildman–Crippen MR) is 102 cm³/mol. The molecule has 140 valence electrons. The Morgan fingerprint density at radius 3 is 2.85 bits per heavy atom. The number of rotatable bonds is 4. The van der Waals surface area contributed by atoms with Gasteiger partial charge in [-0.2, -0.15) is 4.31 Å². The number of hydrogen-bond acceptors (Lipinski definition) is 5. The summed E-state index contributed by atoms with van der Waals surface area (Å²) < 4.78 is 27.1. The highest BCUT2D eigenvalue weighted by atomic mass is 32.2. The molecule has 0 radical (unpaired) electrons. The van der Waals surface area contributed by atoms with Crippen LogP contribution < -0.4 is 5.32 Å². The Morgan fingerprint density at radius 2 is 2.12 bits per heavy atom. The number of aromatic hydroxyl groups is 1. The van der Waals surface area contributed by atoms with Crippen molar-refractivity contribution in [3.8, 4) is 5.75 Å². The third kappa shape index (κ3) is 3.92.